The molecular weight excluding hydrogens is 282 g/mol. The number of ketones is 2. The van der Waals surface area contributed by atoms with Crippen LogP contribution in [0.4, 0.5) is 5.69 Å². The van der Waals surface area contributed by atoms with E-state index in [-0.39, 0.29) is 27.9 Å². The second-order valence-electron chi connectivity index (χ2n) is 4.30. The maximum Gasteiger partial charge on any atom is 0.281 e. The van der Waals surface area contributed by atoms with Gasteiger partial charge in [-0.1, -0.05) is 17.7 Å². The first-order chi connectivity index (χ1) is 9.50. The lowest BCUT2D eigenvalue weighted by molar-refractivity contribution is -0.385. The first-order valence-electron chi connectivity index (χ1n) is 5.67. The number of halogens is 1. The number of hydrogen-bond acceptors (Lipinski definition) is 4. The predicted octanol–water partition coefficient (Wildman–Crippen LogP) is 3.02. The van der Waals surface area contributed by atoms with E-state index >= 15 is 0 Å². The molecule has 0 unspecified atom stereocenters. The molecule has 0 N–H and O–H groups in total. The van der Waals surface area contributed by atoms with Gasteiger partial charge in [0.1, 0.15) is 5.56 Å². The highest BCUT2D eigenvalue weighted by molar-refractivity contribution is 6.34. The van der Waals surface area contributed by atoms with Gasteiger partial charge in [0, 0.05) is 27.8 Å². The molecule has 0 aromatic heterocycles. The van der Waals surface area contributed by atoms with Crippen LogP contribution in [-0.4, -0.2) is 16.5 Å². The highest BCUT2D eigenvalue weighted by atomic mass is 35.5. The van der Waals surface area contributed by atoms with Crippen molar-refractivity contribution in [3.05, 3.63) is 73.8 Å². The van der Waals surface area contributed by atoms with Crippen molar-refractivity contribution in [3.63, 3.8) is 0 Å². The Labute approximate surface area is 117 Å². The molecule has 1 aliphatic rings. The molecule has 0 amide bonds. The lowest BCUT2D eigenvalue weighted by atomic mass is 9.83. The third-order valence-corrected chi connectivity index (χ3v) is 3.42. The fourth-order valence-corrected chi connectivity index (χ4v) is 2.47. The van der Waals surface area contributed by atoms with E-state index in [4.69, 9.17) is 11.6 Å². The standard InChI is InChI=1S/C14H6ClNO4/c15-7-4-5-8-10(6-7)14(18)12-9(13(8)17)2-1-3-11(12)16(19)20/h1-6H. The van der Waals surface area contributed by atoms with Crippen LogP contribution in [0.1, 0.15) is 31.8 Å². The Balaban J connectivity index is 2.35. The molecule has 98 valence electrons. The summed E-state index contributed by atoms with van der Waals surface area (Å²) in [6, 6.07) is 8.34. The molecule has 6 heteroatoms. The van der Waals surface area contributed by atoms with Crippen molar-refractivity contribution in [2.24, 2.45) is 0 Å². The molecule has 20 heavy (non-hydrogen) atoms. The quantitative estimate of drug-likeness (QED) is 0.509. The van der Waals surface area contributed by atoms with Crippen molar-refractivity contribution in [1.82, 2.24) is 0 Å². The summed E-state index contributed by atoms with van der Waals surface area (Å²) >= 11 is 5.82. The SMILES string of the molecule is O=C1c2ccc(Cl)cc2C(=O)c2c1cccc2[N+](=O)[O-]. The van der Waals surface area contributed by atoms with Crippen molar-refractivity contribution < 1.29 is 14.5 Å². The highest BCUT2D eigenvalue weighted by Gasteiger charge is 2.35. The summed E-state index contributed by atoms with van der Waals surface area (Å²) in [5.41, 5.74) is -0.167. The van der Waals surface area contributed by atoms with Gasteiger partial charge in [-0.05, 0) is 24.3 Å². The van der Waals surface area contributed by atoms with Crippen LogP contribution >= 0.6 is 11.6 Å². The van der Waals surface area contributed by atoms with Gasteiger partial charge in [-0.15, -0.1) is 0 Å². The summed E-state index contributed by atoms with van der Waals surface area (Å²) < 4.78 is 0. The average molecular weight is 288 g/mol. The molecule has 0 saturated heterocycles. The highest BCUT2D eigenvalue weighted by Crippen LogP contribution is 2.33. The topological polar surface area (TPSA) is 77.3 Å². The summed E-state index contributed by atoms with van der Waals surface area (Å²) in [6.07, 6.45) is 0. The molecule has 3 rings (SSSR count). The van der Waals surface area contributed by atoms with Gasteiger partial charge < -0.3 is 0 Å². The van der Waals surface area contributed by atoms with Gasteiger partial charge in [-0.2, -0.15) is 0 Å². The molecule has 0 fully saturated rings. The molecule has 0 heterocycles. The third kappa shape index (κ3) is 1.64. The summed E-state index contributed by atoms with van der Waals surface area (Å²) in [6.45, 7) is 0. The number of nitro benzene ring substituents is 1. The van der Waals surface area contributed by atoms with E-state index in [1.54, 1.807) is 0 Å². The summed E-state index contributed by atoms with van der Waals surface area (Å²) in [7, 11) is 0. The van der Waals surface area contributed by atoms with E-state index < -0.39 is 16.5 Å². The minimum atomic E-state index is -0.667. The van der Waals surface area contributed by atoms with Gasteiger partial charge in [-0.25, -0.2) is 0 Å². The maximum atomic E-state index is 12.4. The van der Waals surface area contributed by atoms with E-state index in [0.29, 0.717) is 5.02 Å². The van der Waals surface area contributed by atoms with Gasteiger partial charge in [-0.3, -0.25) is 19.7 Å². The maximum absolute atomic E-state index is 12.4. The normalized spacial score (nSPS) is 12.8. The Hall–Kier alpha value is -2.53. The predicted molar refractivity (Wildman–Crippen MR) is 71.4 cm³/mol. The largest absolute Gasteiger partial charge is 0.289 e. The van der Waals surface area contributed by atoms with Gasteiger partial charge >= 0.3 is 0 Å². The Morgan fingerprint density at radius 1 is 0.950 bits per heavy atom. The number of carbonyl (C=O) groups excluding carboxylic acids is 2. The van der Waals surface area contributed by atoms with Gasteiger partial charge in [0.15, 0.2) is 5.78 Å². The molecule has 0 bridgehead atoms. The number of carbonyl (C=O) groups is 2. The third-order valence-electron chi connectivity index (χ3n) is 3.18. The Morgan fingerprint density at radius 2 is 1.70 bits per heavy atom. The van der Waals surface area contributed by atoms with Crippen molar-refractivity contribution in [2.75, 3.05) is 0 Å². The number of rotatable bonds is 1. The molecule has 5 nitrogen and oxygen atoms in total. The summed E-state index contributed by atoms with van der Waals surface area (Å²) in [5, 5.41) is 11.3. The van der Waals surface area contributed by atoms with Crippen LogP contribution in [0.25, 0.3) is 0 Å². The Morgan fingerprint density at radius 3 is 2.40 bits per heavy atom. The zero-order valence-corrected chi connectivity index (χ0v) is 10.7. The van der Waals surface area contributed by atoms with Crippen LogP contribution in [0.2, 0.25) is 5.02 Å². The zero-order valence-electron chi connectivity index (χ0n) is 9.92. The van der Waals surface area contributed by atoms with E-state index in [2.05, 4.69) is 0 Å². The average Bonchev–Trinajstić information content (AvgIpc) is 2.43. The fraction of sp³-hybridized carbons (Fsp3) is 0. The molecule has 0 atom stereocenters. The molecule has 0 radical (unpaired) electrons. The number of benzene rings is 2. The molecule has 0 aliphatic heterocycles. The molecular formula is C14H6ClNO4. The molecule has 0 saturated carbocycles. The van der Waals surface area contributed by atoms with E-state index in [1.807, 2.05) is 0 Å². The van der Waals surface area contributed by atoms with Crippen molar-refractivity contribution in [2.45, 2.75) is 0 Å². The molecule has 2 aromatic rings. The van der Waals surface area contributed by atoms with Crippen LogP contribution in [0.5, 0.6) is 0 Å². The van der Waals surface area contributed by atoms with Crippen LogP contribution in [-0.2, 0) is 0 Å². The second-order valence-corrected chi connectivity index (χ2v) is 4.74. The number of nitro groups is 1. The smallest absolute Gasteiger partial charge is 0.281 e. The van der Waals surface area contributed by atoms with Crippen molar-refractivity contribution in [1.29, 1.82) is 0 Å². The summed E-state index contributed by atoms with van der Waals surface area (Å²) in [4.78, 5) is 35.1. The van der Waals surface area contributed by atoms with Crippen molar-refractivity contribution in [3.8, 4) is 0 Å². The minimum Gasteiger partial charge on any atom is -0.289 e. The monoisotopic (exact) mass is 287 g/mol. The minimum absolute atomic E-state index is 0.0547. The fourth-order valence-electron chi connectivity index (χ4n) is 2.30. The number of nitrogens with zero attached hydrogens (tertiary/aromatic N) is 1. The molecule has 0 spiro atoms. The van der Waals surface area contributed by atoms with Gasteiger partial charge in [0.25, 0.3) is 5.69 Å². The first kappa shape index (κ1) is 12.5. The van der Waals surface area contributed by atoms with E-state index in [9.17, 15) is 19.7 Å². The molecule has 2 aromatic carbocycles. The van der Waals surface area contributed by atoms with Crippen LogP contribution < -0.4 is 0 Å². The number of fused-ring (bicyclic) bond motifs is 2. The van der Waals surface area contributed by atoms with E-state index in [0.717, 1.165) is 0 Å². The lowest BCUT2D eigenvalue weighted by Crippen LogP contribution is -2.22. The summed E-state index contributed by atoms with van der Waals surface area (Å²) in [5.74, 6) is -0.959. The van der Waals surface area contributed by atoms with E-state index in [1.165, 1.54) is 36.4 Å². The second kappa shape index (κ2) is 4.25. The van der Waals surface area contributed by atoms with Gasteiger partial charge in [0.05, 0.1) is 4.92 Å². The van der Waals surface area contributed by atoms with Gasteiger partial charge in [0.2, 0.25) is 5.78 Å². The van der Waals surface area contributed by atoms with Crippen LogP contribution in [0.3, 0.4) is 0 Å². The van der Waals surface area contributed by atoms with Crippen LogP contribution in [0.15, 0.2) is 36.4 Å². The van der Waals surface area contributed by atoms with Crippen molar-refractivity contribution >= 4 is 28.9 Å². The zero-order chi connectivity index (χ0) is 14.4. The Bertz CT molecular complexity index is 798. The first-order valence-corrected chi connectivity index (χ1v) is 6.05. The lowest BCUT2D eigenvalue weighted by Gasteiger charge is -2.17. The van der Waals surface area contributed by atoms with Crippen LogP contribution in [0, 0.1) is 10.1 Å². The number of hydrogen-bond donors (Lipinski definition) is 0. The molecule has 1 aliphatic carbocycles. The Kier molecular flexibility index (Phi) is 2.65.